The highest BCUT2D eigenvalue weighted by Gasteiger charge is 2.18. The number of allylic oxidation sites excluding steroid dienone is 3. The molecule has 6 heteroatoms. The number of nitrogens with one attached hydrogen (secondary N) is 1. The Labute approximate surface area is 513 Å². The lowest BCUT2D eigenvalue weighted by Crippen LogP contribution is -2.45. The minimum atomic E-state index is -0.842. The summed E-state index contributed by atoms with van der Waals surface area (Å²) in [4.78, 5) is 24.6. The highest BCUT2D eigenvalue weighted by Crippen LogP contribution is 2.19. The molecule has 0 bridgehead atoms. The lowest BCUT2D eigenvalue weighted by atomic mass is 10.0. The summed E-state index contributed by atoms with van der Waals surface area (Å²) in [6.07, 6.45) is 91.4. The molecule has 3 N–H and O–H groups in total. The van der Waals surface area contributed by atoms with Crippen LogP contribution in [0.3, 0.4) is 0 Å². The first-order chi connectivity index (χ1) is 40.5. The maximum absolute atomic E-state index is 12.5. The van der Waals surface area contributed by atoms with Crippen molar-refractivity contribution in [2.24, 2.45) is 0 Å². The first kappa shape index (κ1) is 80.3. The van der Waals surface area contributed by atoms with E-state index in [-0.39, 0.29) is 18.5 Å². The summed E-state index contributed by atoms with van der Waals surface area (Å²) >= 11 is 0. The number of esters is 1. The van der Waals surface area contributed by atoms with Crippen LogP contribution >= 0.6 is 0 Å². The molecule has 0 aliphatic rings. The fourth-order valence-corrected chi connectivity index (χ4v) is 12.0. The fraction of sp³-hybridized carbons (Fsp3) is 0.921. The predicted molar refractivity (Wildman–Crippen MR) is 361 cm³/mol. The molecule has 2 unspecified atom stereocenters. The molecule has 0 spiro atoms. The van der Waals surface area contributed by atoms with Crippen LogP contribution in [0.25, 0.3) is 0 Å². The molecule has 0 aromatic rings. The summed E-state index contributed by atoms with van der Waals surface area (Å²) in [5.74, 6) is -0.0386. The van der Waals surface area contributed by atoms with E-state index in [4.69, 9.17) is 4.74 Å². The van der Waals surface area contributed by atoms with Crippen molar-refractivity contribution in [3.8, 4) is 0 Å². The number of unbranched alkanes of at least 4 members (excludes halogenated alkanes) is 58. The molecule has 0 rings (SSSR count). The zero-order valence-electron chi connectivity index (χ0n) is 55.8. The fourth-order valence-electron chi connectivity index (χ4n) is 12.0. The van der Waals surface area contributed by atoms with E-state index in [2.05, 4.69) is 31.3 Å². The van der Waals surface area contributed by atoms with Gasteiger partial charge in [-0.05, 0) is 57.8 Å². The molecule has 0 aromatic heterocycles. The van der Waals surface area contributed by atoms with Gasteiger partial charge in [-0.25, -0.2) is 0 Å². The Hall–Kier alpha value is -1.66. The Balaban J connectivity index is 3.35. The third-order valence-corrected chi connectivity index (χ3v) is 17.7. The molecular formula is C76H147NO5. The van der Waals surface area contributed by atoms with Crippen LogP contribution in [0.1, 0.15) is 425 Å². The van der Waals surface area contributed by atoms with Crippen molar-refractivity contribution >= 4 is 11.9 Å². The zero-order valence-corrected chi connectivity index (χ0v) is 55.8. The monoisotopic (exact) mass is 1150 g/mol. The number of ether oxygens (including phenoxy) is 1. The van der Waals surface area contributed by atoms with E-state index < -0.39 is 12.1 Å². The Morgan fingerprint density at radius 3 is 0.866 bits per heavy atom. The second-order valence-electron chi connectivity index (χ2n) is 26.0. The SMILES string of the molecule is CCCCCCCCCCCCCCCCC/C=C/C(O)C(CO)NC(=O)CCCCCCCCCCCCCCCCCCC/C=C\CCCCCCCCCCCCCCCCOC(=O)CCCCCCCCCCCCCCC. The summed E-state index contributed by atoms with van der Waals surface area (Å²) in [6, 6.07) is -0.625. The van der Waals surface area contributed by atoms with E-state index in [1.165, 1.54) is 360 Å². The molecular weight excluding hydrogens is 1010 g/mol. The second kappa shape index (κ2) is 71.8. The summed E-state index contributed by atoms with van der Waals surface area (Å²) in [7, 11) is 0. The molecule has 0 aliphatic heterocycles. The normalized spacial score (nSPS) is 12.6. The van der Waals surface area contributed by atoms with Gasteiger partial charge in [0.15, 0.2) is 0 Å². The van der Waals surface area contributed by atoms with Gasteiger partial charge in [-0.15, -0.1) is 0 Å². The quantitative estimate of drug-likeness (QED) is 0.0320. The van der Waals surface area contributed by atoms with E-state index in [0.29, 0.717) is 19.4 Å². The molecule has 0 radical (unpaired) electrons. The van der Waals surface area contributed by atoms with Crippen molar-refractivity contribution in [1.82, 2.24) is 5.32 Å². The summed E-state index contributed by atoms with van der Waals surface area (Å²) in [5, 5.41) is 23.2. The number of amides is 1. The molecule has 2 atom stereocenters. The molecule has 486 valence electrons. The van der Waals surface area contributed by atoms with Gasteiger partial charge in [-0.3, -0.25) is 9.59 Å². The van der Waals surface area contributed by atoms with Gasteiger partial charge in [0, 0.05) is 12.8 Å². The van der Waals surface area contributed by atoms with Crippen LogP contribution < -0.4 is 5.32 Å². The van der Waals surface area contributed by atoms with Crippen molar-refractivity contribution in [2.75, 3.05) is 13.2 Å². The Morgan fingerprint density at radius 2 is 0.573 bits per heavy atom. The lowest BCUT2D eigenvalue weighted by Gasteiger charge is -2.20. The molecule has 0 aromatic carbocycles. The molecule has 0 aliphatic carbocycles. The van der Waals surface area contributed by atoms with E-state index in [0.717, 1.165) is 38.5 Å². The lowest BCUT2D eigenvalue weighted by molar-refractivity contribution is -0.143. The van der Waals surface area contributed by atoms with Crippen LogP contribution in [-0.2, 0) is 14.3 Å². The number of carbonyl (C=O) groups is 2. The van der Waals surface area contributed by atoms with Crippen LogP contribution in [0, 0.1) is 0 Å². The molecule has 6 nitrogen and oxygen atoms in total. The molecule has 1 amide bonds. The topological polar surface area (TPSA) is 95.9 Å². The van der Waals surface area contributed by atoms with Crippen LogP contribution in [0.5, 0.6) is 0 Å². The Morgan fingerprint density at radius 1 is 0.329 bits per heavy atom. The third-order valence-electron chi connectivity index (χ3n) is 17.7. The van der Waals surface area contributed by atoms with E-state index in [1.807, 2.05) is 6.08 Å². The largest absolute Gasteiger partial charge is 0.466 e. The number of aliphatic hydroxyl groups excluding tert-OH is 2. The third kappa shape index (κ3) is 67.5. The molecule has 82 heavy (non-hydrogen) atoms. The minimum Gasteiger partial charge on any atom is -0.466 e. The van der Waals surface area contributed by atoms with E-state index >= 15 is 0 Å². The van der Waals surface area contributed by atoms with Crippen LogP contribution in [-0.4, -0.2) is 47.4 Å². The van der Waals surface area contributed by atoms with Crippen molar-refractivity contribution in [1.29, 1.82) is 0 Å². The average molecular weight is 1160 g/mol. The van der Waals surface area contributed by atoms with Gasteiger partial charge in [0.2, 0.25) is 5.91 Å². The number of hydrogen-bond acceptors (Lipinski definition) is 5. The summed E-state index contributed by atoms with van der Waals surface area (Å²) in [6.45, 7) is 4.95. The van der Waals surface area contributed by atoms with Crippen LogP contribution in [0.2, 0.25) is 0 Å². The minimum absolute atomic E-state index is 0.0222. The van der Waals surface area contributed by atoms with Crippen LogP contribution in [0.15, 0.2) is 24.3 Å². The van der Waals surface area contributed by atoms with Gasteiger partial charge in [0.1, 0.15) is 0 Å². The maximum Gasteiger partial charge on any atom is 0.305 e. The molecule has 0 fully saturated rings. The molecule has 0 saturated carbocycles. The highest BCUT2D eigenvalue weighted by atomic mass is 16.5. The molecule has 0 heterocycles. The van der Waals surface area contributed by atoms with E-state index in [1.54, 1.807) is 6.08 Å². The van der Waals surface area contributed by atoms with Crippen molar-refractivity contribution < 1.29 is 24.5 Å². The van der Waals surface area contributed by atoms with Crippen molar-refractivity contribution in [2.45, 2.75) is 437 Å². The van der Waals surface area contributed by atoms with Gasteiger partial charge in [-0.2, -0.15) is 0 Å². The van der Waals surface area contributed by atoms with Gasteiger partial charge >= 0.3 is 5.97 Å². The first-order valence-corrected chi connectivity index (χ1v) is 37.6. The maximum atomic E-state index is 12.5. The van der Waals surface area contributed by atoms with Gasteiger partial charge in [0.25, 0.3) is 0 Å². The standard InChI is InChI=1S/C76H147NO5/c1-3-5-7-9-11-13-15-17-18-38-41-45-48-52-56-60-64-68-74(79)73(72-78)77-75(80)69-65-61-57-53-49-46-42-39-36-34-32-30-28-26-24-22-20-19-21-23-25-27-29-31-33-35-37-40-43-47-51-55-59-63-67-71-82-76(81)70-66-62-58-54-50-44-16-14-12-10-8-6-4-2/h21,23,64,68,73-74,78-79H,3-20,22,24-63,65-67,69-72H2,1-2H3,(H,77,80)/b23-21-,68-64+. The summed E-state index contributed by atoms with van der Waals surface area (Å²) < 4.78 is 5.49. The van der Waals surface area contributed by atoms with Crippen LogP contribution in [0.4, 0.5) is 0 Å². The smallest absolute Gasteiger partial charge is 0.305 e. The highest BCUT2D eigenvalue weighted by molar-refractivity contribution is 5.76. The first-order valence-electron chi connectivity index (χ1n) is 37.6. The average Bonchev–Trinajstić information content (AvgIpc) is 3.48. The second-order valence-corrected chi connectivity index (χ2v) is 26.0. The van der Waals surface area contributed by atoms with Gasteiger partial charge in [0.05, 0.1) is 25.4 Å². The Bertz CT molecular complexity index is 1280. The number of carbonyl (C=O) groups excluding carboxylic acids is 2. The van der Waals surface area contributed by atoms with Crippen molar-refractivity contribution in [3.05, 3.63) is 24.3 Å². The predicted octanol–water partition coefficient (Wildman–Crippen LogP) is 24.5. The zero-order chi connectivity index (χ0) is 59.2. The van der Waals surface area contributed by atoms with Crippen molar-refractivity contribution in [3.63, 3.8) is 0 Å². The number of aliphatic hydroxyl groups is 2. The number of rotatable bonds is 71. The van der Waals surface area contributed by atoms with Gasteiger partial charge < -0.3 is 20.3 Å². The van der Waals surface area contributed by atoms with E-state index in [9.17, 15) is 19.8 Å². The van der Waals surface area contributed by atoms with Gasteiger partial charge in [-0.1, -0.05) is 378 Å². The summed E-state index contributed by atoms with van der Waals surface area (Å²) in [5.41, 5.74) is 0. The Kier molecular flexibility index (Phi) is 70.4. The number of hydrogen-bond donors (Lipinski definition) is 3. The molecule has 0 saturated heterocycles.